The van der Waals surface area contributed by atoms with Gasteiger partial charge in [-0.15, -0.1) is 11.3 Å². The number of fused-ring (bicyclic) bond motifs is 3. The van der Waals surface area contributed by atoms with Crippen molar-refractivity contribution in [2.24, 2.45) is 0 Å². The van der Waals surface area contributed by atoms with Crippen molar-refractivity contribution in [2.45, 2.75) is 13.0 Å². The van der Waals surface area contributed by atoms with Gasteiger partial charge in [0.25, 0.3) is 0 Å². The van der Waals surface area contributed by atoms with Crippen molar-refractivity contribution < 1.29 is 0 Å². The van der Waals surface area contributed by atoms with Crippen LogP contribution in [0.5, 0.6) is 0 Å². The van der Waals surface area contributed by atoms with Gasteiger partial charge in [-0.1, -0.05) is 48.5 Å². The summed E-state index contributed by atoms with van der Waals surface area (Å²) in [4.78, 5) is 5.67. The van der Waals surface area contributed by atoms with Gasteiger partial charge in [0.15, 0.2) is 0 Å². The molecule has 5 rings (SSSR count). The molecule has 1 aliphatic rings. The largest absolute Gasteiger partial charge is 0.326 e. The quantitative estimate of drug-likeness (QED) is 0.416. The molecule has 2 nitrogen and oxygen atoms in total. The lowest BCUT2D eigenvalue weighted by atomic mass is 9.95. The van der Waals surface area contributed by atoms with E-state index in [0.29, 0.717) is 0 Å². The number of imidazole rings is 1. The second-order valence-corrected chi connectivity index (χ2v) is 7.09. The molecule has 2 aromatic carbocycles. The number of hydrogen-bond acceptors (Lipinski definition) is 2. The Hall–Kier alpha value is -2.65. The molecule has 116 valence electrons. The Morgan fingerprint density at radius 1 is 0.958 bits per heavy atom. The van der Waals surface area contributed by atoms with E-state index in [4.69, 9.17) is 0 Å². The second kappa shape index (κ2) is 5.18. The van der Waals surface area contributed by atoms with Gasteiger partial charge in [-0.2, -0.15) is 0 Å². The summed E-state index contributed by atoms with van der Waals surface area (Å²) in [6, 6.07) is 17.6. The minimum absolute atomic E-state index is 0.208. The van der Waals surface area contributed by atoms with Crippen LogP contribution in [0.25, 0.3) is 21.6 Å². The Morgan fingerprint density at radius 3 is 2.54 bits per heavy atom. The van der Waals surface area contributed by atoms with Gasteiger partial charge in [-0.25, -0.2) is 4.98 Å². The highest BCUT2D eigenvalue weighted by atomic mass is 32.1. The van der Waals surface area contributed by atoms with Gasteiger partial charge in [0.05, 0.1) is 12.4 Å². The lowest BCUT2D eigenvalue weighted by molar-refractivity contribution is 0.694. The van der Waals surface area contributed by atoms with Crippen LogP contribution in [0.2, 0.25) is 0 Å². The number of rotatable bonds is 2. The first kappa shape index (κ1) is 13.8. The van der Waals surface area contributed by atoms with E-state index in [0.717, 1.165) is 0 Å². The fraction of sp³-hybridized carbons (Fsp3) is 0.0952. The number of nitrogens with zero attached hydrogens (tertiary/aromatic N) is 2. The van der Waals surface area contributed by atoms with E-state index in [1.165, 1.54) is 38.3 Å². The molecular weight excluding hydrogens is 312 g/mol. The summed E-state index contributed by atoms with van der Waals surface area (Å²) in [7, 11) is 0. The number of thiophene rings is 1. The van der Waals surface area contributed by atoms with Crippen LogP contribution in [0.3, 0.4) is 0 Å². The van der Waals surface area contributed by atoms with E-state index in [1.54, 1.807) is 0 Å². The predicted molar refractivity (Wildman–Crippen MR) is 99.4 cm³/mol. The predicted octanol–water partition coefficient (Wildman–Crippen LogP) is 5.54. The van der Waals surface area contributed by atoms with Gasteiger partial charge in [0.1, 0.15) is 0 Å². The average Bonchev–Trinajstić information content (AvgIpc) is 3.31. The van der Waals surface area contributed by atoms with E-state index < -0.39 is 0 Å². The first-order valence-corrected chi connectivity index (χ1v) is 8.96. The van der Waals surface area contributed by atoms with E-state index in [-0.39, 0.29) is 6.04 Å². The molecule has 0 radical (unpaired) electrons. The molecule has 1 atom stereocenters. The molecule has 0 bridgehead atoms. The number of hydrogen-bond donors (Lipinski definition) is 0. The number of aryl methyl sites for hydroxylation is 1. The first-order valence-electron chi connectivity index (χ1n) is 8.08. The highest BCUT2D eigenvalue weighted by molar-refractivity contribution is 7.14. The van der Waals surface area contributed by atoms with E-state index >= 15 is 0 Å². The van der Waals surface area contributed by atoms with Crippen LogP contribution >= 0.6 is 11.3 Å². The van der Waals surface area contributed by atoms with E-state index in [9.17, 15) is 0 Å². The monoisotopic (exact) mass is 328 g/mol. The number of benzene rings is 2. The molecule has 4 aromatic rings. The zero-order valence-corrected chi connectivity index (χ0v) is 14.1. The van der Waals surface area contributed by atoms with Gasteiger partial charge >= 0.3 is 0 Å². The maximum atomic E-state index is 4.28. The van der Waals surface area contributed by atoms with E-state index in [1.807, 2.05) is 23.9 Å². The summed E-state index contributed by atoms with van der Waals surface area (Å²) in [5, 5.41) is 2.31. The smallest absolute Gasteiger partial charge is 0.0954 e. The molecule has 0 saturated carbocycles. The fourth-order valence-corrected chi connectivity index (χ4v) is 4.91. The van der Waals surface area contributed by atoms with Crippen LogP contribution in [0.1, 0.15) is 22.7 Å². The lowest BCUT2D eigenvalue weighted by Crippen LogP contribution is -2.07. The summed E-state index contributed by atoms with van der Waals surface area (Å²) in [5.41, 5.74) is 8.13. The average molecular weight is 328 g/mol. The van der Waals surface area contributed by atoms with Crippen LogP contribution < -0.4 is 0 Å². The topological polar surface area (TPSA) is 17.8 Å². The maximum absolute atomic E-state index is 4.28. The Kier molecular flexibility index (Phi) is 2.97. The summed E-state index contributed by atoms with van der Waals surface area (Å²) >= 11 is 1.85. The highest BCUT2D eigenvalue weighted by Gasteiger charge is 2.33. The molecule has 0 amide bonds. The molecule has 2 aromatic heterocycles. The third-order valence-corrected chi connectivity index (χ3v) is 5.89. The molecular formula is C21H16N2S. The maximum Gasteiger partial charge on any atom is 0.0954 e. The van der Waals surface area contributed by atoms with Crippen LogP contribution in [-0.4, -0.2) is 9.55 Å². The molecule has 1 unspecified atom stereocenters. The minimum Gasteiger partial charge on any atom is -0.326 e. The summed E-state index contributed by atoms with van der Waals surface area (Å²) in [5.74, 6) is 0. The second-order valence-electron chi connectivity index (χ2n) is 6.21. The van der Waals surface area contributed by atoms with Gasteiger partial charge in [0, 0.05) is 22.8 Å². The van der Waals surface area contributed by atoms with Gasteiger partial charge in [-0.3, -0.25) is 0 Å². The summed E-state index contributed by atoms with van der Waals surface area (Å²) < 4.78 is 2.22. The SMILES string of the molecule is Cc1ccccc1-c1csc2c1C(n1ccnc1)c1ccccc1-2. The Labute approximate surface area is 145 Å². The van der Waals surface area contributed by atoms with Gasteiger partial charge in [-0.05, 0) is 40.1 Å². The Morgan fingerprint density at radius 2 is 1.75 bits per heavy atom. The molecule has 0 saturated heterocycles. The number of aromatic nitrogens is 2. The van der Waals surface area contributed by atoms with Crippen molar-refractivity contribution in [3.8, 4) is 21.6 Å². The molecule has 2 heterocycles. The van der Waals surface area contributed by atoms with Crippen LogP contribution in [0.4, 0.5) is 0 Å². The normalized spacial score (nSPS) is 15.3. The van der Waals surface area contributed by atoms with Gasteiger partial charge < -0.3 is 4.57 Å². The van der Waals surface area contributed by atoms with Crippen molar-refractivity contribution in [1.29, 1.82) is 0 Å². The molecule has 0 spiro atoms. The minimum atomic E-state index is 0.208. The van der Waals surface area contributed by atoms with Crippen LogP contribution in [0.15, 0.2) is 72.6 Å². The van der Waals surface area contributed by atoms with Crippen molar-refractivity contribution in [1.82, 2.24) is 9.55 Å². The summed E-state index contributed by atoms with van der Waals surface area (Å²) in [6.07, 6.45) is 5.85. The van der Waals surface area contributed by atoms with E-state index in [2.05, 4.69) is 76.6 Å². The highest BCUT2D eigenvalue weighted by Crippen LogP contribution is 2.52. The standard InChI is InChI=1S/C21H16N2S/c1-14-6-2-3-7-15(14)18-12-24-21-17-9-5-4-8-16(17)20(19(18)21)23-11-10-22-13-23/h2-13,20H,1H3. The molecule has 0 aliphatic heterocycles. The lowest BCUT2D eigenvalue weighted by Gasteiger charge is -2.17. The molecule has 3 heteroatoms. The van der Waals surface area contributed by atoms with Crippen LogP contribution in [-0.2, 0) is 0 Å². The third kappa shape index (κ3) is 1.85. The summed E-state index contributed by atoms with van der Waals surface area (Å²) in [6.45, 7) is 2.19. The molecule has 24 heavy (non-hydrogen) atoms. The van der Waals surface area contributed by atoms with Crippen molar-refractivity contribution >= 4 is 11.3 Å². The zero-order chi connectivity index (χ0) is 16.1. The van der Waals surface area contributed by atoms with Crippen molar-refractivity contribution in [2.75, 3.05) is 0 Å². The third-order valence-electron chi connectivity index (χ3n) is 4.86. The van der Waals surface area contributed by atoms with Crippen molar-refractivity contribution in [3.63, 3.8) is 0 Å². The fourth-order valence-electron chi connectivity index (χ4n) is 3.76. The van der Waals surface area contributed by atoms with Gasteiger partial charge in [0.2, 0.25) is 0 Å². The first-order chi connectivity index (χ1) is 11.8. The Bertz CT molecular complexity index is 1030. The zero-order valence-electron chi connectivity index (χ0n) is 13.3. The Balaban J connectivity index is 1.81. The van der Waals surface area contributed by atoms with Crippen molar-refractivity contribution in [3.05, 3.63) is 89.3 Å². The molecule has 0 fully saturated rings. The molecule has 0 N–H and O–H groups in total. The van der Waals surface area contributed by atoms with Crippen LogP contribution in [0, 0.1) is 6.92 Å². The molecule has 1 aliphatic carbocycles.